The van der Waals surface area contributed by atoms with Crippen molar-refractivity contribution in [2.45, 2.75) is 6.92 Å². The molecule has 2 amide bonds. The zero-order chi connectivity index (χ0) is 19.4. The molecule has 2 aromatic carbocycles. The minimum atomic E-state index is -0.623. The summed E-state index contributed by atoms with van der Waals surface area (Å²) in [5.74, 6) is -1.05. The molecule has 1 aliphatic rings. The average Bonchev–Trinajstić information content (AvgIpc) is 2.92. The topological polar surface area (TPSA) is 90.0 Å². The third-order valence-corrected chi connectivity index (χ3v) is 4.07. The summed E-state index contributed by atoms with van der Waals surface area (Å²) in [7, 11) is 0. The van der Waals surface area contributed by atoms with Gasteiger partial charge in [0.1, 0.15) is 12.4 Å². The molecule has 0 aliphatic carbocycles. The maximum absolute atomic E-state index is 12.2. The first kappa shape index (κ1) is 18.3. The van der Waals surface area contributed by atoms with Crippen molar-refractivity contribution in [2.24, 2.45) is 0 Å². The van der Waals surface area contributed by atoms with Crippen LogP contribution in [-0.2, 0) is 9.53 Å². The summed E-state index contributed by atoms with van der Waals surface area (Å²) in [6, 6.07) is 12.9. The summed E-state index contributed by atoms with van der Waals surface area (Å²) < 4.78 is 10.3. The number of ketones is 1. The molecule has 0 saturated heterocycles. The minimum Gasteiger partial charge on any atom is -0.482 e. The third kappa shape index (κ3) is 4.03. The number of amides is 2. The number of carbonyl (C=O) groups is 4. The number of ether oxygens (including phenoxy) is 2. The van der Waals surface area contributed by atoms with E-state index in [9.17, 15) is 19.2 Å². The quantitative estimate of drug-likeness (QED) is 0.423. The Kier molecular flexibility index (Phi) is 5.30. The summed E-state index contributed by atoms with van der Waals surface area (Å²) >= 11 is 0. The highest BCUT2D eigenvalue weighted by molar-refractivity contribution is 6.21. The van der Waals surface area contributed by atoms with Crippen molar-refractivity contribution < 1.29 is 28.7 Å². The molecule has 1 heterocycles. The molecule has 138 valence electrons. The second-order valence-electron chi connectivity index (χ2n) is 5.90. The van der Waals surface area contributed by atoms with E-state index in [1.807, 2.05) is 0 Å². The molecule has 1 aliphatic heterocycles. The number of benzene rings is 2. The lowest BCUT2D eigenvalue weighted by molar-refractivity contribution is -0.146. The highest BCUT2D eigenvalue weighted by Crippen LogP contribution is 2.21. The van der Waals surface area contributed by atoms with Gasteiger partial charge in [0.2, 0.25) is 0 Å². The van der Waals surface area contributed by atoms with E-state index in [1.54, 1.807) is 48.5 Å². The Balaban J connectivity index is 1.44. The smallest absolute Gasteiger partial charge is 0.344 e. The molecule has 2 aromatic rings. The van der Waals surface area contributed by atoms with Crippen LogP contribution in [0.4, 0.5) is 0 Å². The maximum atomic E-state index is 12.2. The fourth-order valence-corrected chi connectivity index (χ4v) is 2.66. The standard InChI is InChI=1S/C20H17NO6/c1-13(22)14-6-8-15(9-7-14)27-12-18(23)26-11-10-21-19(24)16-4-2-3-5-17(16)20(21)25/h2-9H,10-12H2,1H3. The lowest BCUT2D eigenvalue weighted by atomic mass is 10.1. The fraction of sp³-hybridized carbons (Fsp3) is 0.200. The Morgan fingerprint density at radius 3 is 2.07 bits per heavy atom. The van der Waals surface area contributed by atoms with Crippen LogP contribution in [0.15, 0.2) is 48.5 Å². The van der Waals surface area contributed by atoms with Gasteiger partial charge in [-0.15, -0.1) is 0 Å². The van der Waals surface area contributed by atoms with E-state index in [-0.39, 0.29) is 25.5 Å². The van der Waals surface area contributed by atoms with Crippen molar-refractivity contribution in [3.8, 4) is 5.75 Å². The number of esters is 1. The molecule has 0 radical (unpaired) electrons. The third-order valence-electron chi connectivity index (χ3n) is 4.07. The number of Topliss-reactive ketones (excluding diaryl/α,β-unsaturated/α-hetero) is 1. The Hall–Kier alpha value is -3.48. The minimum absolute atomic E-state index is 0.0224. The van der Waals surface area contributed by atoms with Gasteiger partial charge < -0.3 is 9.47 Å². The summed E-state index contributed by atoms with van der Waals surface area (Å²) in [4.78, 5) is 48.4. The van der Waals surface area contributed by atoms with Gasteiger partial charge in [0.15, 0.2) is 12.4 Å². The summed E-state index contributed by atoms with van der Waals surface area (Å²) in [5.41, 5.74) is 1.25. The van der Waals surface area contributed by atoms with Crippen molar-refractivity contribution in [3.63, 3.8) is 0 Å². The molecular weight excluding hydrogens is 350 g/mol. The van der Waals surface area contributed by atoms with Gasteiger partial charge in [-0.25, -0.2) is 4.79 Å². The summed E-state index contributed by atoms with van der Waals surface area (Å²) in [5, 5.41) is 0. The van der Waals surface area contributed by atoms with Gasteiger partial charge in [-0.05, 0) is 43.3 Å². The van der Waals surface area contributed by atoms with Crippen LogP contribution in [0.2, 0.25) is 0 Å². The highest BCUT2D eigenvalue weighted by Gasteiger charge is 2.34. The predicted octanol–water partition coefficient (Wildman–Crippen LogP) is 2.11. The van der Waals surface area contributed by atoms with E-state index in [1.165, 1.54) is 6.92 Å². The van der Waals surface area contributed by atoms with Crippen LogP contribution in [0.1, 0.15) is 38.0 Å². The van der Waals surface area contributed by atoms with Crippen LogP contribution >= 0.6 is 0 Å². The first-order valence-electron chi connectivity index (χ1n) is 8.32. The lowest BCUT2D eigenvalue weighted by Crippen LogP contribution is -2.33. The molecule has 0 saturated carbocycles. The number of hydrogen-bond acceptors (Lipinski definition) is 6. The first-order valence-corrected chi connectivity index (χ1v) is 8.32. The molecule has 0 unspecified atom stereocenters. The SMILES string of the molecule is CC(=O)c1ccc(OCC(=O)OCCN2C(=O)c3ccccc3C2=O)cc1. The molecule has 0 spiro atoms. The second kappa shape index (κ2) is 7.82. The average molecular weight is 367 g/mol. The number of nitrogens with zero attached hydrogens (tertiary/aromatic N) is 1. The van der Waals surface area contributed by atoms with Crippen LogP contribution < -0.4 is 4.74 Å². The van der Waals surface area contributed by atoms with E-state index >= 15 is 0 Å². The molecule has 7 heteroatoms. The van der Waals surface area contributed by atoms with E-state index in [2.05, 4.69) is 0 Å². The Labute approximate surface area is 155 Å². The van der Waals surface area contributed by atoms with Gasteiger partial charge in [-0.2, -0.15) is 0 Å². The van der Waals surface area contributed by atoms with Gasteiger partial charge in [0.25, 0.3) is 11.8 Å². The molecule has 0 fully saturated rings. The van der Waals surface area contributed by atoms with Crippen molar-refractivity contribution in [1.29, 1.82) is 0 Å². The lowest BCUT2D eigenvalue weighted by Gasteiger charge is -2.14. The van der Waals surface area contributed by atoms with Crippen molar-refractivity contribution in [3.05, 3.63) is 65.2 Å². The molecule has 0 N–H and O–H groups in total. The van der Waals surface area contributed by atoms with Crippen LogP contribution in [-0.4, -0.2) is 48.2 Å². The zero-order valence-electron chi connectivity index (χ0n) is 14.6. The van der Waals surface area contributed by atoms with E-state index in [0.717, 1.165) is 4.90 Å². The van der Waals surface area contributed by atoms with Gasteiger partial charge in [-0.1, -0.05) is 12.1 Å². The first-order chi connectivity index (χ1) is 13.0. The van der Waals surface area contributed by atoms with Crippen LogP contribution in [0, 0.1) is 0 Å². The molecule has 0 atom stereocenters. The second-order valence-corrected chi connectivity index (χ2v) is 5.90. The molecule has 7 nitrogen and oxygen atoms in total. The number of fused-ring (bicyclic) bond motifs is 1. The maximum Gasteiger partial charge on any atom is 0.344 e. The zero-order valence-corrected chi connectivity index (χ0v) is 14.6. The molecule has 0 aromatic heterocycles. The van der Waals surface area contributed by atoms with Crippen LogP contribution in [0.3, 0.4) is 0 Å². The van der Waals surface area contributed by atoms with Crippen LogP contribution in [0.5, 0.6) is 5.75 Å². The number of imide groups is 1. The number of carbonyl (C=O) groups excluding carboxylic acids is 4. The normalized spacial score (nSPS) is 12.7. The van der Waals surface area contributed by atoms with Crippen molar-refractivity contribution >= 4 is 23.6 Å². The van der Waals surface area contributed by atoms with Crippen molar-refractivity contribution in [2.75, 3.05) is 19.8 Å². The monoisotopic (exact) mass is 367 g/mol. The van der Waals surface area contributed by atoms with E-state index in [0.29, 0.717) is 22.4 Å². The van der Waals surface area contributed by atoms with Gasteiger partial charge >= 0.3 is 5.97 Å². The van der Waals surface area contributed by atoms with Gasteiger partial charge in [0, 0.05) is 5.56 Å². The number of hydrogen-bond donors (Lipinski definition) is 0. The Morgan fingerprint density at radius 1 is 0.926 bits per heavy atom. The van der Waals surface area contributed by atoms with Crippen molar-refractivity contribution in [1.82, 2.24) is 4.90 Å². The molecule has 0 bridgehead atoms. The van der Waals surface area contributed by atoms with Gasteiger partial charge in [-0.3, -0.25) is 19.3 Å². The van der Waals surface area contributed by atoms with E-state index < -0.39 is 17.8 Å². The van der Waals surface area contributed by atoms with E-state index in [4.69, 9.17) is 9.47 Å². The summed E-state index contributed by atoms with van der Waals surface area (Å²) in [6.07, 6.45) is 0. The molecule has 27 heavy (non-hydrogen) atoms. The molecule has 3 rings (SSSR count). The van der Waals surface area contributed by atoms with Gasteiger partial charge in [0.05, 0.1) is 17.7 Å². The highest BCUT2D eigenvalue weighted by atomic mass is 16.6. The summed E-state index contributed by atoms with van der Waals surface area (Å²) in [6.45, 7) is 1.01. The Morgan fingerprint density at radius 2 is 1.52 bits per heavy atom. The van der Waals surface area contributed by atoms with Crippen LogP contribution in [0.25, 0.3) is 0 Å². The number of rotatable bonds is 7. The molecular formula is C20H17NO6. The predicted molar refractivity (Wildman–Crippen MR) is 94.7 cm³/mol. The largest absolute Gasteiger partial charge is 0.482 e. The fourth-order valence-electron chi connectivity index (χ4n) is 2.66. The Bertz CT molecular complexity index is 868.